The predicted octanol–water partition coefficient (Wildman–Crippen LogP) is 1.40. The minimum atomic E-state index is -0.706. The van der Waals surface area contributed by atoms with E-state index in [0.717, 1.165) is 0 Å². The number of anilines is 1. The lowest BCUT2D eigenvalue weighted by atomic mass is 10.1. The predicted molar refractivity (Wildman–Crippen MR) is 69.0 cm³/mol. The van der Waals surface area contributed by atoms with E-state index in [0.29, 0.717) is 11.3 Å². The van der Waals surface area contributed by atoms with Crippen LogP contribution in [0.2, 0.25) is 0 Å². The van der Waals surface area contributed by atoms with Crippen molar-refractivity contribution in [1.29, 1.82) is 0 Å². The van der Waals surface area contributed by atoms with Crippen molar-refractivity contribution < 1.29 is 14.3 Å². The standard InChI is InChI=1S/C13H19FN2O2/c1-9(17)10-5-6-12(11(14)7-10)16(4)8-13(18)15(2)3/h5-7,9,17H,8H2,1-4H3/t9-/m1/s1. The van der Waals surface area contributed by atoms with Crippen molar-refractivity contribution in [2.75, 3.05) is 32.6 Å². The van der Waals surface area contributed by atoms with Crippen LogP contribution in [0.15, 0.2) is 18.2 Å². The lowest BCUT2D eigenvalue weighted by Gasteiger charge is -2.22. The van der Waals surface area contributed by atoms with Gasteiger partial charge in [-0.3, -0.25) is 4.79 Å². The number of carbonyl (C=O) groups excluding carboxylic acids is 1. The van der Waals surface area contributed by atoms with Crippen LogP contribution in [0.4, 0.5) is 10.1 Å². The van der Waals surface area contributed by atoms with Gasteiger partial charge in [0.05, 0.1) is 18.3 Å². The highest BCUT2D eigenvalue weighted by Crippen LogP contribution is 2.22. The third-order valence-corrected chi connectivity index (χ3v) is 2.74. The zero-order chi connectivity index (χ0) is 13.9. The number of nitrogens with zero attached hydrogens (tertiary/aromatic N) is 2. The Morgan fingerprint density at radius 3 is 2.44 bits per heavy atom. The van der Waals surface area contributed by atoms with Crippen LogP contribution in [0, 0.1) is 5.82 Å². The first kappa shape index (κ1) is 14.4. The molecule has 1 N–H and O–H groups in total. The number of rotatable bonds is 4. The van der Waals surface area contributed by atoms with Gasteiger partial charge >= 0.3 is 0 Å². The maximum atomic E-state index is 13.8. The Morgan fingerprint density at radius 2 is 2.00 bits per heavy atom. The molecule has 1 rings (SSSR count). The minimum absolute atomic E-state index is 0.100. The molecule has 0 aromatic heterocycles. The Morgan fingerprint density at radius 1 is 1.39 bits per heavy atom. The maximum Gasteiger partial charge on any atom is 0.241 e. The summed E-state index contributed by atoms with van der Waals surface area (Å²) in [7, 11) is 4.97. The summed E-state index contributed by atoms with van der Waals surface area (Å²) in [5.41, 5.74) is 0.859. The van der Waals surface area contributed by atoms with Crippen molar-refractivity contribution in [3.63, 3.8) is 0 Å². The van der Waals surface area contributed by atoms with E-state index in [1.807, 2.05) is 0 Å². The van der Waals surface area contributed by atoms with Crippen LogP contribution in [0.1, 0.15) is 18.6 Å². The summed E-state index contributed by atoms with van der Waals surface area (Å²) in [6.07, 6.45) is -0.706. The summed E-state index contributed by atoms with van der Waals surface area (Å²) in [6.45, 7) is 1.69. The Bertz CT molecular complexity index is 433. The summed E-state index contributed by atoms with van der Waals surface area (Å²) < 4.78 is 13.8. The van der Waals surface area contributed by atoms with Gasteiger partial charge in [-0.25, -0.2) is 4.39 Å². The fourth-order valence-corrected chi connectivity index (χ4v) is 1.52. The van der Waals surface area contributed by atoms with Crippen molar-refractivity contribution >= 4 is 11.6 Å². The molecule has 18 heavy (non-hydrogen) atoms. The van der Waals surface area contributed by atoms with Crippen LogP contribution in [-0.2, 0) is 4.79 Å². The van der Waals surface area contributed by atoms with Gasteiger partial charge in [0, 0.05) is 21.1 Å². The van der Waals surface area contributed by atoms with Gasteiger partial charge in [0.15, 0.2) is 0 Å². The van der Waals surface area contributed by atoms with Gasteiger partial charge in [0.1, 0.15) is 5.82 Å². The molecule has 4 nitrogen and oxygen atoms in total. The van der Waals surface area contributed by atoms with Crippen LogP contribution >= 0.6 is 0 Å². The van der Waals surface area contributed by atoms with Crippen molar-refractivity contribution in [3.8, 4) is 0 Å². The van der Waals surface area contributed by atoms with Gasteiger partial charge < -0.3 is 14.9 Å². The quantitative estimate of drug-likeness (QED) is 0.883. The molecule has 1 amide bonds. The Hall–Kier alpha value is -1.62. The van der Waals surface area contributed by atoms with Gasteiger partial charge in [-0.15, -0.1) is 0 Å². The molecule has 0 saturated heterocycles. The molecule has 0 spiro atoms. The number of amides is 1. The minimum Gasteiger partial charge on any atom is -0.389 e. The van der Waals surface area contributed by atoms with E-state index in [4.69, 9.17) is 0 Å². The third-order valence-electron chi connectivity index (χ3n) is 2.74. The number of carbonyl (C=O) groups is 1. The molecule has 0 fully saturated rings. The molecule has 1 aromatic rings. The fraction of sp³-hybridized carbons (Fsp3) is 0.462. The van der Waals surface area contributed by atoms with Gasteiger partial charge in [-0.05, 0) is 24.6 Å². The number of likely N-dealkylation sites (N-methyl/N-ethyl adjacent to an activating group) is 2. The monoisotopic (exact) mass is 254 g/mol. The fourth-order valence-electron chi connectivity index (χ4n) is 1.52. The Balaban J connectivity index is 2.87. The van der Waals surface area contributed by atoms with E-state index in [1.54, 1.807) is 45.1 Å². The molecule has 0 radical (unpaired) electrons. The first-order valence-electron chi connectivity index (χ1n) is 5.71. The average Bonchev–Trinajstić information content (AvgIpc) is 2.28. The van der Waals surface area contributed by atoms with Gasteiger partial charge in [-0.1, -0.05) is 6.07 Å². The number of benzene rings is 1. The first-order chi connectivity index (χ1) is 8.32. The molecule has 5 heteroatoms. The molecular formula is C13H19FN2O2. The number of aliphatic hydroxyl groups excluding tert-OH is 1. The largest absolute Gasteiger partial charge is 0.389 e. The normalized spacial score (nSPS) is 12.1. The molecule has 1 atom stereocenters. The SMILES string of the molecule is C[C@@H](O)c1ccc(N(C)CC(=O)N(C)C)c(F)c1. The summed E-state index contributed by atoms with van der Waals surface area (Å²) in [5, 5.41) is 9.35. The highest BCUT2D eigenvalue weighted by Gasteiger charge is 2.14. The second-order valence-corrected chi connectivity index (χ2v) is 4.53. The van der Waals surface area contributed by atoms with Crippen LogP contribution in [0.25, 0.3) is 0 Å². The van der Waals surface area contributed by atoms with E-state index < -0.39 is 11.9 Å². The molecule has 0 aliphatic carbocycles. The van der Waals surface area contributed by atoms with Crippen molar-refractivity contribution in [2.24, 2.45) is 0 Å². The Kier molecular flexibility index (Phi) is 4.67. The van der Waals surface area contributed by atoms with E-state index in [1.165, 1.54) is 11.0 Å². The van der Waals surface area contributed by atoms with E-state index in [2.05, 4.69) is 0 Å². The number of halogens is 1. The molecular weight excluding hydrogens is 235 g/mol. The molecule has 0 bridgehead atoms. The lowest BCUT2D eigenvalue weighted by molar-refractivity contribution is -0.127. The third kappa shape index (κ3) is 3.43. The lowest BCUT2D eigenvalue weighted by Crippen LogP contribution is -2.34. The van der Waals surface area contributed by atoms with Crippen LogP contribution in [-0.4, -0.2) is 43.6 Å². The molecule has 0 aliphatic rings. The molecule has 100 valence electrons. The highest BCUT2D eigenvalue weighted by atomic mass is 19.1. The zero-order valence-corrected chi connectivity index (χ0v) is 11.1. The summed E-state index contributed by atoms with van der Waals surface area (Å²) in [5.74, 6) is -0.543. The van der Waals surface area contributed by atoms with Crippen LogP contribution < -0.4 is 4.90 Å². The van der Waals surface area contributed by atoms with Crippen molar-refractivity contribution in [1.82, 2.24) is 4.90 Å². The molecule has 0 aliphatic heterocycles. The van der Waals surface area contributed by atoms with Gasteiger partial charge in [0.2, 0.25) is 5.91 Å². The smallest absolute Gasteiger partial charge is 0.241 e. The van der Waals surface area contributed by atoms with Crippen LogP contribution in [0.5, 0.6) is 0 Å². The first-order valence-corrected chi connectivity index (χ1v) is 5.71. The zero-order valence-electron chi connectivity index (χ0n) is 11.1. The van der Waals surface area contributed by atoms with Crippen molar-refractivity contribution in [2.45, 2.75) is 13.0 Å². The van der Waals surface area contributed by atoms with E-state index in [9.17, 15) is 14.3 Å². The highest BCUT2D eigenvalue weighted by molar-refractivity contribution is 5.80. The molecule has 0 heterocycles. The van der Waals surface area contributed by atoms with Gasteiger partial charge in [0.25, 0.3) is 0 Å². The second-order valence-electron chi connectivity index (χ2n) is 4.53. The number of hydrogen-bond donors (Lipinski definition) is 1. The topological polar surface area (TPSA) is 43.8 Å². The Labute approximate surface area is 107 Å². The van der Waals surface area contributed by atoms with E-state index >= 15 is 0 Å². The number of hydrogen-bond acceptors (Lipinski definition) is 3. The summed E-state index contributed by atoms with van der Waals surface area (Å²) in [6, 6.07) is 4.51. The van der Waals surface area contributed by atoms with Crippen molar-refractivity contribution in [3.05, 3.63) is 29.6 Å². The van der Waals surface area contributed by atoms with Crippen LogP contribution in [0.3, 0.4) is 0 Å². The average molecular weight is 254 g/mol. The second kappa shape index (κ2) is 5.82. The van der Waals surface area contributed by atoms with Gasteiger partial charge in [-0.2, -0.15) is 0 Å². The molecule has 0 unspecified atom stereocenters. The number of aliphatic hydroxyl groups is 1. The summed E-state index contributed by atoms with van der Waals surface area (Å²) in [4.78, 5) is 14.5. The molecule has 1 aromatic carbocycles. The van der Waals surface area contributed by atoms with E-state index in [-0.39, 0.29) is 12.5 Å². The summed E-state index contributed by atoms with van der Waals surface area (Å²) >= 11 is 0. The molecule has 0 saturated carbocycles. The maximum absolute atomic E-state index is 13.8.